The smallest absolute Gasteiger partial charge is 0.191 e. The summed E-state index contributed by atoms with van der Waals surface area (Å²) in [6.45, 7) is 9.78. The molecule has 0 spiro atoms. The van der Waals surface area contributed by atoms with Gasteiger partial charge in [-0.05, 0) is 33.6 Å². The summed E-state index contributed by atoms with van der Waals surface area (Å²) >= 11 is 0. The van der Waals surface area contributed by atoms with E-state index in [-0.39, 0.29) is 0 Å². The molecule has 0 radical (unpaired) electrons. The number of nitrogens with zero attached hydrogens (tertiary/aromatic N) is 2. The lowest BCUT2D eigenvalue weighted by Gasteiger charge is -2.17. The molecule has 0 amide bonds. The van der Waals surface area contributed by atoms with Crippen LogP contribution in [0.25, 0.3) is 0 Å². The van der Waals surface area contributed by atoms with Crippen LogP contribution in [0.1, 0.15) is 49.6 Å². The average molecular weight is 290 g/mol. The highest BCUT2D eigenvalue weighted by Crippen LogP contribution is 2.23. The van der Waals surface area contributed by atoms with E-state index in [4.69, 9.17) is 9.52 Å². The van der Waals surface area contributed by atoms with Crippen LogP contribution in [-0.4, -0.2) is 30.2 Å². The van der Waals surface area contributed by atoms with Crippen LogP contribution in [0, 0.1) is 13.8 Å². The fourth-order valence-electron chi connectivity index (χ4n) is 2.76. The SMILES string of the molecule is CCNC(=NCC(C)c1c(C)noc1C)NC1CC=CC1. The predicted molar refractivity (Wildman–Crippen MR) is 85.7 cm³/mol. The minimum Gasteiger partial charge on any atom is -0.361 e. The molecule has 5 heteroatoms. The van der Waals surface area contributed by atoms with E-state index in [0.29, 0.717) is 12.0 Å². The van der Waals surface area contributed by atoms with Crippen molar-refractivity contribution in [3.63, 3.8) is 0 Å². The first-order valence-corrected chi connectivity index (χ1v) is 7.74. The largest absolute Gasteiger partial charge is 0.361 e. The van der Waals surface area contributed by atoms with Gasteiger partial charge < -0.3 is 15.2 Å². The fourth-order valence-corrected chi connectivity index (χ4v) is 2.76. The monoisotopic (exact) mass is 290 g/mol. The molecule has 1 aliphatic rings. The summed E-state index contributed by atoms with van der Waals surface area (Å²) in [7, 11) is 0. The number of aryl methyl sites for hydroxylation is 2. The Hall–Kier alpha value is -1.78. The van der Waals surface area contributed by atoms with Crippen molar-refractivity contribution in [2.75, 3.05) is 13.1 Å². The quantitative estimate of drug-likeness (QED) is 0.497. The van der Waals surface area contributed by atoms with Crippen LogP contribution in [0.3, 0.4) is 0 Å². The first-order chi connectivity index (χ1) is 10.1. The van der Waals surface area contributed by atoms with Crippen molar-refractivity contribution in [2.24, 2.45) is 4.99 Å². The number of aromatic nitrogens is 1. The number of rotatable bonds is 5. The summed E-state index contributed by atoms with van der Waals surface area (Å²) in [5.74, 6) is 2.09. The lowest BCUT2D eigenvalue weighted by molar-refractivity contribution is 0.391. The molecule has 1 atom stereocenters. The molecule has 1 aromatic rings. The van der Waals surface area contributed by atoms with Crippen molar-refractivity contribution in [2.45, 2.75) is 52.5 Å². The third-order valence-corrected chi connectivity index (χ3v) is 3.80. The number of guanidine groups is 1. The van der Waals surface area contributed by atoms with Crippen molar-refractivity contribution < 1.29 is 4.52 Å². The second-order valence-corrected chi connectivity index (χ2v) is 5.64. The maximum atomic E-state index is 5.24. The van der Waals surface area contributed by atoms with Gasteiger partial charge in [0.05, 0.1) is 5.69 Å². The Labute approximate surface area is 126 Å². The summed E-state index contributed by atoms with van der Waals surface area (Å²) in [5.41, 5.74) is 2.14. The molecule has 0 saturated heterocycles. The molecule has 0 fully saturated rings. The lowest BCUT2D eigenvalue weighted by atomic mass is 10.00. The van der Waals surface area contributed by atoms with Gasteiger partial charge in [0.25, 0.3) is 0 Å². The van der Waals surface area contributed by atoms with Crippen LogP contribution in [0.2, 0.25) is 0 Å². The molecule has 1 aromatic heterocycles. The van der Waals surface area contributed by atoms with Gasteiger partial charge >= 0.3 is 0 Å². The Morgan fingerprint density at radius 1 is 1.43 bits per heavy atom. The molecule has 0 aromatic carbocycles. The molecule has 5 nitrogen and oxygen atoms in total. The van der Waals surface area contributed by atoms with Crippen molar-refractivity contribution in [3.05, 3.63) is 29.2 Å². The molecule has 116 valence electrons. The molecule has 0 bridgehead atoms. The van der Waals surface area contributed by atoms with E-state index >= 15 is 0 Å². The van der Waals surface area contributed by atoms with Crippen LogP contribution < -0.4 is 10.6 Å². The summed E-state index contributed by atoms with van der Waals surface area (Å²) < 4.78 is 5.24. The van der Waals surface area contributed by atoms with Crippen LogP contribution in [0.5, 0.6) is 0 Å². The molecule has 1 heterocycles. The Bertz CT molecular complexity index is 491. The minimum absolute atomic E-state index is 0.299. The molecule has 21 heavy (non-hydrogen) atoms. The predicted octanol–water partition coefficient (Wildman–Crippen LogP) is 2.67. The summed E-state index contributed by atoms with van der Waals surface area (Å²) in [5, 5.41) is 10.8. The Morgan fingerprint density at radius 2 is 2.14 bits per heavy atom. The van der Waals surface area contributed by atoms with E-state index in [1.165, 1.54) is 5.56 Å². The molecule has 2 rings (SSSR count). The Kier molecular flexibility index (Phi) is 5.42. The molecule has 1 aliphatic carbocycles. The van der Waals surface area contributed by atoms with Crippen molar-refractivity contribution in [1.29, 1.82) is 0 Å². The third kappa shape index (κ3) is 4.09. The van der Waals surface area contributed by atoms with E-state index in [1.54, 1.807) is 0 Å². The van der Waals surface area contributed by atoms with Gasteiger partial charge in [-0.15, -0.1) is 0 Å². The molecule has 1 unspecified atom stereocenters. The van der Waals surface area contributed by atoms with Gasteiger partial charge in [0.2, 0.25) is 0 Å². The number of hydrogen-bond acceptors (Lipinski definition) is 3. The van der Waals surface area contributed by atoms with Crippen LogP contribution in [0.15, 0.2) is 21.7 Å². The molecule has 0 saturated carbocycles. The van der Waals surface area contributed by atoms with E-state index in [9.17, 15) is 0 Å². The lowest BCUT2D eigenvalue weighted by Crippen LogP contribution is -2.42. The first-order valence-electron chi connectivity index (χ1n) is 7.74. The standard InChI is InChI=1S/C16H26N4O/c1-5-17-16(19-14-8-6-7-9-14)18-10-11(2)15-12(3)20-21-13(15)4/h6-7,11,14H,5,8-10H2,1-4H3,(H2,17,18,19). The number of aliphatic imine (C=N–C) groups is 1. The fraction of sp³-hybridized carbons (Fsp3) is 0.625. The zero-order chi connectivity index (χ0) is 15.2. The van der Waals surface area contributed by atoms with Gasteiger partial charge in [0.1, 0.15) is 5.76 Å². The average Bonchev–Trinajstić information content (AvgIpc) is 3.06. The van der Waals surface area contributed by atoms with Gasteiger partial charge in [-0.2, -0.15) is 0 Å². The van der Waals surface area contributed by atoms with Gasteiger partial charge in [-0.25, -0.2) is 0 Å². The van der Waals surface area contributed by atoms with E-state index < -0.39 is 0 Å². The zero-order valence-corrected chi connectivity index (χ0v) is 13.4. The highest BCUT2D eigenvalue weighted by Gasteiger charge is 2.17. The van der Waals surface area contributed by atoms with Gasteiger partial charge in [-0.3, -0.25) is 4.99 Å². The van der Waals surface area contributed by atoms with Crippen molar-refractivity contribution >= 4 is 5.96 Å². The third-order valence-electron chi connectivity index (χ3n) is 3.80. The molecular formula is C16H26N4O. The first kappa shape index (κ1) is 15.6. The highest BCUT2D eigenvalue weighted by molar-refractivity contribution is 5.80. The van der Waals surface area contributed by atoms with Crippen molar-refractivity contribution in [1.82, 2.24) is 15.8 Å². The topological polar surface area (TPSA) is 62.5 Å². The maximum Gasteiger partial charge on any atom is 0.191 e. The summed E-state index contributed by atoms with van der Waals surface area (Å²) in [4.78, 5) is 4.71. The normalized spacial score (nSPS) is 17.2. The number of nitrogens with one attached hydrogen (secondary N) is 2. The Morgan fingerprint density at radius 3 is 2.71 bits per heavy atom. The van der Waals surface area contributed by atoms with Gasteiger partial charge in [-0.1, -0.05) is 24.2 Å². The number of hydrogen-bond donors (Lipinski definition) is 2. The van der Waals surface area contributed by atoms with Crippen LogP contribution in [0.4, 0.5) is 0 Å². The molecule has 0 aliphatic heterocycles. The molecule has 2 N–H and O–H groups in total. The zero-order valence-electron chi connectivity index (χ0n) is 13.4. The summed E-state index contributed by atoms with van der Waals surface area (Å²) in [6.07, 6.45) is 6.58. The van der Waals surface area contributed by atoms with Gasteiger partial charge in [0, 0.05) is 30.6 Å². The van der Waals surface area contributed by atoms with E-state index in [0.717, 1.165) is 43.3 Å². The summed E-state index contributed by atoms with van der Waals surface area (Å²) in [6, 6.07) is 0.470. The van der Waals surface area contributed by atoms with Crippen molar-refractivity contribution in [3.8, 4) is 0 Å². The van der Waals surface area contributed by atoms with E-state index in [2.05, 4.69) is 41.8 Å². The second kappa shape index (κ2) is 7.29. The Balaban J connectivity index is 1.98. The second-order valence-electron chi connectivity index (χ2n) is 5.64. The minimum atomic E-state index is 0.299. The molecular weight excluding hydrogens is 264 g/mol. The van der Waals surface area contributed by atoms with Gasteiger partial charge in [0.15, 0.2) is 5.96 Å². The van der Waals surface area contributed by atoms with Crippen LogP contribution >= 0.6 is 0 Å². The van der Waals surface area contributed by atoms with Crippen LogP contribution in [-0.2, 0) is 0 Å². The van der Waals surface area contributed by atoms with E-state index in [1.807, 2.05) is 13.8 Å². The highest BCUT2D eigenvalue weighted by atomic mass is 16.5. The maximum absolute atomic E-state index is 5.24.